The number of anilines is 1. The van der Waals surface area contributed by atoms with Gasteiger partial charge in [-0.3, -0.25) is 9.69 Å². The van der Waals surface area contributed by atoms with E-state index in [1.54, 1.807) is 0 Å². The Kier molecular flexibility index (Phi) is 5.02. The number of ether oxygens (including phenoxy) is 1. The molecule has 2 heterocycles. The van der Waals surface area contributed by atoms with Crippen molar-refractivity contribution in [2.75, 3.05) is 25.0 Å². The smallest absolute Gasteiger partial charge is 0.241 e. The van der Waals surface area contributed by atoms with Gasteiger partial charge in [0.2, 0.25) is 5.91 Å². The molecule has 23 heavy (non-hydrogen) atoms. The van der Waals surface area contributed by atoms with Crippen molar-refractivity contribution in [2.45, 2.75) is 52.2 Å². The molecule has 3 rings (SSSR count). The third kappa shape index (κ3) is 3.59. The summed E-state index contributed by atoms with van der Waals surface area (Å²) in [6, 6.07) is 6.00. The number of nitrogens with zero attached hydrogens (tertiary/aromatic N) is 1. The number of fused-ring (bicyclic) bond motifs is 1. The highest BCUT2D eigenvalue weighted by Gasteiger charge is 2.35. The minimum atomic E-state index is -0.100. The van der Waals surface area contributed by atoms with Crippen molar-refractivity contribution in [2.24, 2.45) is 5.92 Å². The van der Waals surface area contributed by atoms with E-state index in [-0.39, 0.29) is 11.9 Å². The van der Waals surface area contributed by atoms with Crippen LogP contribution in [0.3, 0.4) is 0 Å². The first kappa shape index (κ1) is 16.5. The molecule has 3 atom stereocenters. The van der Waals surface area contributed by atoms with E-state index in [0.717, 1.165) is 49.4 Å². The van der Waals surface area contributed by atoms with Gasteiger partial charge in [0, 0.05) is 25.4 Å². The molecule has 1 amide bonds. The van der Waals surface area contributed by atoms with Crippen LogP contribution in [0.15, 0.2) is 18.2 Å². The van der Waals surface area contributed by atoms with Crippen LogP contribution in [0.4, 0.5) is 5.69 Å². The number of nitrogens with one attached hydrogen (secondary N) is 1. The van der Waals surface area contributed by atoms with Gasteiger partial charge in [-0.25, -0.2) is 0 Å². The lowest BCUT2D eigenvalue weighted by molar-refractivity contribution is -0.124. The number of rotatable bonds is 3. The van der Waals surface area contributed by atoms with Gasteiger partial charge in [-0.05, 0) is 57.1 Å². The third-order valence-electron chi connectivity index (χ3n) is 5.40. The number of likely N-dealkylation sites (tertiary alicyclic amines) is 1. The number of amides is 1. The molecule has 0 aromatic heterocycles. The normalized spacial score (nSPS) is 26.4. The Bertz CT molecular complexity index is 552. The van der Waals surface area contributed by atoms with Crippen molar-refractivity contribution < 1.29 is 9.53 Å². The lowest BCUT2D eigenvalue weighted by Crippen LogP contribution is -2.52. The average Bonchev–Trinajstić information content (AvgIpc) is 2.57. The van der Waals surface area contributed by atoms with Crippen molar-refractivity contribution in [3.63, 3.8) is 0 Å². The summed E-state index contributed by atoms with van der Waals surface area (Å²) < 4.78 is 5.87. The van der Waals surface area contributed by atoms with Gasteiger partial charge in [-0.1, -0.05) is 18.2 Å². The maximum atomic E-state index is 12.7. The van der Waals surface area contributed by atoms with Crippen LogP contribution in [-0.2, 0) is 9.53 Å². The minimum absolute atomic E-state index is 0.0950. The van der Waals surface area contributed by atoms with E-state index in [0.29, 0.717) is 12.0 Å². The maximum Gasteiger partial charge on any atom is 0.241 e. The molecule has 1 N–H and O–H groups in total. The highest BCUT2D eigenvalue weighted by Crippen LogP contribution is 2.29. The summed E-state index contributed by atoms with van der Waals surface area (Å²) in [5.74, 6) is 0.686. The number of aryl methyl sites for hydroxylation is 2. The van der Waals surface area contributed by atoms with E-state index < -0.39 is 0 Å². The molecule has 0 aliphatic carbocycles. The van der Waals surface area contributed by atoms with Gasteiger partial charge < -0.3 is 10.1 Å². The molecule has 0 saturated carbocycles. The maximum absolute atomic E-state index is 12.7. The van der Waals surface area contributed by atoms with Gasteiger partial charge in [-0.2, -0.15) is 0 Å². The predicted molar refractivity (Wildman–Crippen MR) is 92.7 cm³/mol. The lowest BCUT2D eigenvalue weighted by Gasteiger charge is -2.42. The van der Waals surface area contributed by atoms with E-state index in [4.69, 9.17) is 4.74 Å². The largest absolute Gasteiger partial charge is 0.378 e. The Hall–Kier alpha value is -1.39. The molecule has 126 valence electrons. The Morgan fingerprint density at radius 2 is 2.04 bits per heavy atom. The first-order valence-electron chi connectivity index (χ1n) is 8.79. The van der Waals surface area contributed by atoms with Crippen molar-refractivity contribution in [1.29, 1.82) is 0 Å². The number of hydrogen-bond acceptors (Lipinski definition) is 3. The zero-order valence-corrected chi connectivity index (χ0v) is 14.5. The molecule has 4 heteroatoms. The number of hydrogen-bond donors (Lipinski definition) is 1. The molecule has 1 aromatic carbocycles. The lowest BCUT2D eigenvalue weighted by atomic mass is 9.88. The highest BCUT2D eigenvalue weighted by atomic mass is 16.5. The van der Waals surface area contributed by atoms with E-state index in [9.17, 15) is 4.79 Å². The van der Waals surface area contributed by atoms with Crippen LogP contribution in [0.5, 0.6) is 0 Å². The zero-order chi connectivity index (χ0) is 16.4. The first-order chi connectivity index (χ1) is 11.1. The fourth-order valence-corrected chi connectivity index (χ4v) is 3.87. The van der Waals surface area contributed by atoms with Gasteiger partial charge >= 0.3 is 0 Å². The van der Waals surface area contributed by atoms with Crippen LogP contribution in [0.25, 0.3) is 0 Å². The molecule has 2 aliphatic rings. The number of carbonyl (C=O) groups is 1. The van der Waals surface area contributed by atoms with Crippen LogP contribution < -0.4 is 5.32 Å². The third-order valence-corrected chi connectivity index (χ3v) is 5.40. The summed E-state index contributed by atoms with van der Waals surface area (Å²) in [5, 5.41) is 3.14. The van der Waals surface area contributed by atoms with Crippen LogP contribution in [0.1, 0.15) is 37.3 Å². The van der Waals surface area contributed by atoms with E-state index >= 15 is 0 Å². The Morgan fingerprint density at radius 1 is 1.30 bits per heavy atom. The highest BCUT2D eigenvalue weighted by molar-refractivity contribution is 5.95. The fourth-order valence-electron chi connectivity index (χ4n) is 3.87. The molecule has 2 fully saturated rings. The molecule has 3 unspecified atom stereocenters. The van der Waals surface area contributed by atoms with Crippen LogP contribution >= 0.6 is 0 Å². The Labute approximate surface area is 139 Å². The fraction of sp³-hybridized carbons (Fsp3) is 0.632. The molecule has 1 aromatic rings. The molecule has 0 bridgehead atoms. The molecule has 0 spiro atoms. The summed E-state index contributed by atoms with van der Waals surface area (Å²) >= 11 is 0. The van der Waals surface area contributed by atoms with Gasteiger partial charge in [0.1, 0.15) is 0 Å². The Morgan fingerprint density at radius 3 is 2.78 bits per heavy atom. The van der Waals surface area contributed by atoms with Gasteiger partial charge in [-0.15, -0.1) is 0 Å². The second-order valence-electron chi connectivity index (χ2n) is 7.03. The molecule has 2 saturated heterocycles. The first-order valence-corrected chi connectivity index (χ1v) is 8.79. The van der Waals surface area contributed by atoms with Crippen molar-refractivity contribution in [3.8, 4) is 0 Å². The van der Waals surface area contributed by atoms with Crippen molar-refractivity contribution in [3.05, 3.63) is 29.3 Å². The standard InChI is InChI=1S/C19H28N2O2/c1-13-6-4-7-14(2)18(13)20-19(22)15(3)21-10-9-17-16(12-21)8-5-11-23-17/h4,6-7,15-17H,5,8-12H2,1-3H3,(H,20,22). The van der Waals surface area contributed by atoms with Crippen LogP contribution in [0, 0.1) is 19.8 Å². The van der Waals surface area contributed by atoms with Crippen molar-refractivity contribution in [1.82, 2.24) is 4.90 Å². The van der Waals surface area contributed by atoms with Gasteiger partial charge in [0.05, 0.1) is 12.1 Å². The monoisotopic (exact) mass is 316 g/mol. The van der Waals surface area contributed by atoms with Crippen molar-refractivity contribution >= 4 is 11.6 Å². The van der Waals surface area contributed by atoms with Crippen LogP contribution in [-0.4, -0.2) is 42.6 Å². The average molecular weight is 316 g/mol. The second kappa shape index (κ2) is 7.02. The predicted octanol–water partition coefficient (Wildman–Crippen LogP) is 3.13. The topological polar surface area (TPSA) is 41.6 Å². The minimum Gasteiger partial charge on any atom is -0.378 e. The second-order valence-corrected chi connectivity index (χ2v) is 7.03. The van der Waals surface area contributed by atoms with E-state index in [1.165, 1.54) is 6.42 Å². The van der Waals surface area contributed by atoms with Gasteiger partial charge in [0.25, 0.3) is 0 Å². The molecule has 0 radical (unpaired) electrons. The van der Waals surface area contributed by atoms with E-state index in [1.807, 2.05) is 39.0 Å². The SMILES string of the molecule is Cc1cccc(C)c1NC(=O)C(C)N1CCC2OCCCC2C1. The Balaban J connectivity index is 1.63. The van der Waals surface area contributed by atoms with Gasteiger partial charge in [0.15, 0.2) is 0 Å². The molecular weight excluding hydrogens is 288 g/mol. The number of para-hydroxylation sites is 1. The number of benzene rings is 1. The quantitative estimate of drug-likeness (QED) is 0.931. The summed E-state index contributed by atoms with van der Waals surface area (Å²) in [6.07, 6.45) is 3.84. The molecular formula is C19H28N2O2. The summed E-state index contributed by atoms with van der Waals surface area (Å²) in [5.41, 5.74) is 3.19. The van der Waals surface area contributed by atoms with Crippen LogP contribution in [0.2, 0.25) is 0 Å². The zero-order valence-electron chi connectivity index (χ0n) is 14.5. The number of piperidine rings is 1. The van der Waals surface area contributed by atoms with E-state index in [2.05, 4.69) is 10.2 Å². The molecule has 4 nitrogen and oxygen atoms in total. The number of carbonyl (C=O) groups excluding carboxylic acids is 1. The summed E-state index contributed by atoms with van der Waals surface area (Å²) in [7, 11) is 0. The summed E-state index contributed by atoms with van der Waals surface area (Å²) in [6.45, 7) is 8.93. The molecule has 2 aliphatic heterocycles. The summed E-state index contributed by atoms with van der Waals surface area (Å²) in [4.78, 5) is 15.0.